The van der Waals surface area contributed by atoms with Gasteiger partial charge in [-0.05, 0) is 42.5 Å². The molecular weight excluding hydrogens is 363 g/mol. The smallest absolute Gasteiger partial charge is 0.313 e. The lowest BCUT2D eigenvalue weighted by molar-refractivity contribution is -0.146. The number of piperidine rings is 1. The van der Waals surface area contributed by atoms with Gasteiger partial charge in [0, 0.05) is 12.7 Å². The highest BCUT2D eigenvalue weighted by atomic mass is 19.1. The van der Waals surface area contributed by atoms with Gasteiger partial charge in [-0.2, -0.15) is 0 Å². The molecule has 28 heavy (non-hydrogen) atoms. The average molecular weight is 389 g/mol. The van der Waals surface area contributed by atoms with Crippen LogP contribution in [0.2, 0.25) is 0 Å². The number of carbonyl (C=O) groups is 3. The van der Waals surface area contributed by atoms with Gasteiger partial charge in [-0.3, -0.25) is 19.4 Å². The lowest BCUT2D eigenvalue weighted by Crippen LogP contribution is -2.46. The van der Waals surface area contributed by atoms with E-state index >= 15 is 0 Å². The van der Waals surface area contributed by atoms with Crippen molar-refractivity contribution in [3.8, 4) is 0 Å². The number of nitrogens with two attached hydrogens (primary N) is 1. The van der Waals surface area contributed by atoms with Crippen LogP contribution in [-0.2, 0) is 9.59 Å². The number of nitrogens with one attached hydrogen (secondary N) is 1. The van der Waals surface area contributed by atoms with Gasteiger partial charge in [-0.1, -0.05) is 19.0 Å². The zero-order chi connectivity index (χ0) is 24.7. The van der Waals surface area contributed by atoms with E-state index in [0.29, 0.717) is 6.42 Å². The molecule has 8 heteroatoms. The zero-order valence-corrected chi connectivity index (χ0v) is 15.0. The molecular formula is C20H21FN4O3. The van der Waals surface area contributed by atoms with Crippen molar-refractivity contribution in [2.75, 3.05) is 11.9 Å². The van der Waals surface area contributed by atoms with Gasteiger partial charge in [0.15, 0.2) is 0 Å². The summed E-state index contributed by atoms with van der Waals surface area (Å²) in [5.74, 6) is -4.61. The van der Waals surface area contributed by atoms with E-state index < -0.39 is 59.3 Å². The molecule has 7 nitrogen and oxygen atoms in total. The molecule has 1 saturated heterocycles. The number of pyridine rings is 1. The fraction of sp³-hybridized carbons (Fsp3) is 0.300. The first kappa shape index (κ1) is 13.8. The van der Waals surface area contributed by atoms with Crippen molar-refractivity contribution >= 4 is 23.4 Å². The molecule has 3 rings (SSSR count). The maximum Gasteiger partial charge on any atom is 0.313 e. The van der Waals surface area contributed by atoms with Crippen molar-refractivity contribution in [2.24, 2.45) is 11.7 Å². The molecule has 2 atom stereocenters. The molecule has 1 aromatic carbocycles. The molecule has 3 amide bonds. The predicted octanol–water partition coefficient (Wildman–Crippen LogP) is 2.26. The molecule has 0 bridgehead atoms. The van der Waals surface area contributed by atoms with Crippen LogP contribution in [0.25, 0.3) is 0 Å². The number of aromatic nitrogens is 1. The second-order valence-corrected chi connectivity index (χ2v) is 6.48. The maximum atomic E-state index is 14.0. The number of halogens is 1. The van der Waals surface area contributed by atoms with Crippen molar-refractivity contribution in [1.82, 2.24) is 9.88 Å². The van der Waals surface area contributed by atoms with Gasteiger partial charge in [0.2, 0.25) is 5.91 Å². The molecule has 0 aliphatic carbocycles. The van der Waals surface area contributed by atoms with Crippen molar-refractivity contribution in [2.45, 2.75) is 25.8 Å². The molecule has 0 spiro atoms. The van der Waals surface area contributed by atoms with E-state index in [2.05, 4.69) is 10.3 Å². The summed E-state index contributed by atoms with van der Waals surface area (Å²) in [6, 6.07) is -4.40. The summed E-state index contributed by atoms with van der Waals surface area (Å²) < 4.78 is 54.8. The van der Waals surface area contributed by atoms with Crippen molar-refractivity contribution in [3.05, 3.63) is 59.6 Å². The first-order valence-electron chi connectivity index (χ1n) is 11.0. The number of benzene rings is 1. The standard InChI is InChI=1S/C20H21FN4O3/c1-12-2-7-17(13-3-5-15(21)6-4-13)25(11-12)20(28)19(27)24-16-8-14(18(22)26)9-23-10-16/h3-6,8-10,12,17H,2,7,11H2,1H3,(H2,22,26)(H,24,27)/i3D,4D,5D,6D,17D. The Hall–Kier alpha value is -3.29. The summed E-state index contributed by atoms with van der Waals surface area (Å²) in [6.07, 6.45) is 2.68. The monoisotopic (exact) mass is 389 g/mol. The van der Waals surface area contributed by atoms with Gasteiger partial charge in [-0.25, -0.2) is 4.39 Å². The Morgan fingerprint density at radius 3 is 2.68 bits per heavy atom. The Morgan fingerprint density at radius 1 is 1.29 bits per heavy atom. The van der Waals surface area contributed by atoms with Crippen molar-refractivity contribution in [1.29, 1.82) is 0 Å². The number of anilines is 1. The van der Waals surface area contributed by atoms with Crippen molar-refractivity contribution < 1.29 is 25.6 Å². The third kappa shape index (κ3) is 4.33. The summed E-state index contributed by atoms with van der Waals surface area (Å²) in [5.41, 5.74) is 4.71. The van der Waals surface area contributed by atoms with E-state index in [9.17, 15) is 18.8 Å². The number of nitrogens with zero attached hydrogens (tertiary/aromatic N) is 2. The minimum Gasteiger partial charge on any atom is -0.366 e. The van der Waals surface area contributed by atoms with Crippen LogP contribution in [0.1, 0.15) is 48.6 Å². The van der Waals surface area contributed by atoms with E-state index in [1.807, 2.05) is 0 Å². The Balaban J connectivity index is 2.01. The fourth-order valence-electron chi connectivity index (χ4n) is 2.89. The fourth-order valence-corrected chi connectivity index (χ4v) is 2.89. The van der Waals surface area contributed by atoms with Crippen LogP contribution in [0.15, 0.2) is 42.6 Å². The van der Waals surface area contributed by atoms with Crippen LogP contribution in [0.3, 0.4) is 0 Å². The van der Waals surface area contributed by atoms with E-state index in [4.69, 9.17) is 12.6 Å². The van der Waals surface area contributed by atoms with Gasteiger partial charge >= 0.3 is 11.8 Å². The number of rotatable bonds is 3. The van der Waals surface area contributed by atoms with Crippen LogP contribution < -0.4 is 11.1 Å². The summed E-state index contributed by atoms with van der Waals surface area (Å²) in [5, 5.41) is 2.29. The Kier molecular flexibility index (Phi) is 4.03. The summed E-state index contributed by atoms with van der Waals surface area (Å²) >= 11 is 0. The molecule has 2 aromatic rings. The van der Waals surface area contributed by atoms with Gasteiger partial charge in [-0.15, -0.1) is 0 Å². The molecule has 2 heterocycles. The van der Waals surface area contributed by atoms with E-state index in [1.165, 1.54) is 18.5 Å². The largest absolute Gasteiger partial charge is 0.366 e. The number of amides is 3. The number of likely N-dealkylation sites (tertiary alicyclic amines) is 1. The number of hydrogen-bond donors (Lipinski definition) is 2. The molecule has 146 valence electrons. The summed E-state index contributed by atoms with van der Waals surface area (Å²) in [7, 11) is 0. The molecule has 1 aliphatic heterocycles. The van der Waals surface area contributed by atoms with Crippen LogP contribution in [0.5, 0.6) is 0 Å². The number of carbonyl (C=O) groups excluding carboxylic acids is 3. The molecule has 1 fully saturated rings. The molecule has 0 radical (unpaired) electrons. The topological polar surface area (TPSA) is 105 Å². The van der Waals surface area contributed by atoms with Gasteiger partial charge in [0.25, 0.3) is 0 Å². The second kappa shape index (κ2) is 8.16. The van der Waals surface area contributed by atoms with Crippen molar-refractivity contribution in [3.63, 3.8) is 0 Å². The number of primary amides is 1. The highest BCUT2D eigenvalue weighted by Crippen LogP contribution is 2.33. The normalized spacial score (nSPS) is 24.3. The lowest BCUT2D eigenvalue weighted by atomic mass is 9.90. The Morgan fingerprint density at radius 2 is 2.00 bits per heavy atom. The highest BCUT2D eigenvalue weighted by Gasteiger charge is 2.34. The molecule has 0 saturated carbocycles. The van der Waals surface area contributed by atoms with E-state index in [1.54, 1.807) is 6.92 Å². The Labute approximate surface area is 168 Å². The minimum atomic E-state index is -2.14. The zero-order valence-electron chi connectivity index (χ0n) is 20.0. The van der Waals surface area contributed by atoms with E-state index in [-0.39, 0.29) is 30.1 Å². The van der Waals surface area contributed by atoms with E-state index in [0.717, 1.165) is 4.90 Å². The summed E-state index contributed by atoms with van der Waals surface area (Å²) in [6.45, 7) is 1.71. The van der Waals surface area contributed by atoms with Crippen LogP contribution in [0, 0.1) is 11.7 Å². The third-order valence-corrected chi connectivity index (χ3v) is 4.30. The quantitative estimate of drug-likeness (QED) is 0.786. The van der Waals surface area contributed by atoms with Crippen LogP contribution >= 0.6 is 0 Å². The maximum absolute atomic E-state index is 14.0. The molecule has 1 aromatic heterocycles. The first-order valence-corrected chi connectivity index (χ1v) is 8.52. The van der Waals surface area contributed by atoms with Crippen LogP contribution in [-0.4, -0.2) is 34.2 Å². The minimum absolute atomic E-state index is 0.00311. The molecule has 2 unspecified atom stereocenters. The van der Waals surface area contributed by atoms with Crippen LogP contribution in [0.4, 0.5) is 10.1 Å². The molecule has 3 N–H and O–H groups in total. The van der Waals surface area contributed by atoms with Gasteiger partial charge in [0.05, 0.1) is 30.3 Å². The number of hydrogen-bond acceptors (Lipinski definition) is 4. The second-order valence-electron chi connectivity index (χ2n) is 6.48. The SMILES string of the molecule is [2H]c1c([2H])c(C2([2H])CCC(C)CN2C(=O)C(=O)Nc2cncc(C(N)=O)c2)c([2H])c([2H])c1F. The third-order valence-electron chi connectivity index (χ3n) is 4.30. The summed E-state index contributed by atoms with van der Waals surface area (Å²) in [4.78, 5) is 41.8. The van der Waals surface area contributed by atoms with Gasteiger partial charge < -0.3 is 16.0 Å². The predicted molar refractivity (Wildman–Crippen MR) is 101 cm³/mol. The highest BCUT2D eigenvalue weighted by molar-refractivity contribution is 6.39. The molecule has 1 aliphatic rings. The Bertz CT molecular complexity index is 1140. The first-order chi connectivity index (χ1) is 15.4. The average Bonchev–Trinajstić information content (AvgIpc) is 2.77. The van der Waals surface area contributed by atoms with Gasteiger partial charge in [0.1, 0.15) is 5.82 Å². The lowest BCUT2D eigenvalue weighted by Gasteiger charge is -2.38.